The highest BCUT2D eigenvalue weighted by Crippen LogP contribution is 2.18. The minimum absolute atomic E-state index is 0.313. The van der Waals surface area contributed by atoms with E-state index in [1.54, 1.807) is 19.1 Å². The molecule has 1 rings (SSSR count). The van der Waals surface area contributed by atoms with E-state index in [1.807, 2.05) is 13.0 Å². The Morgan fingerprint density at radius 1 is 1.41 bits per heavy atom. The summed E-state index contributed by atoms with van der Waals surface area (Å²) in [6.07, 6.45) is 3.08. The molecule has 0 spiro atoms. The predicted molar refractivity (Wildman–Crippen MR) is 63.0 cm³/mol. The van der Waals surface area contributed by atoms with Gasteiger partial charge in [0.25, 0.3) is 0 Å². The molecule has 0 aliphatic heterocycles. The zero-order chi connectivity index (χ0) is 12.7. The fourth-order valence-corrected chi connectivity index (χ4v) is 1.22. The van der Waals surface area contributed by atoms with Crippen LogP contribution in [0.5, 0.6) is 5.75 Å². The highest BCUT2D eigenvalue weighted by atomic mass is 16.5. The van der Waals surface area contributed by atoms with Gasteiger partial charge in [-0.3, -0.25) is 4.79 Å². The van der Waals surface area contributed by atoms with Crippen LogP contribution in [0.2, 0.25) is 0 Å². The largest absolute Gasteiger partial charge is 0.464 e. The average molecular weight is 234 g/mol. The predicted octanol–water partition coefficient (Wildman–Crippen LogP) is 2.26. The molecule has 0 saturated heterocycles. The quantitative estimate of drug-likeness (QED) is 0.339. The molecule has 4 nitrogen and oxygen atoms in total. The van der Waals surface area contributed by atoms with Crippen LogP contribution in [0.3, 0.4) is 0 Å². The van der Waals surface area contributed by atoms with Gasteiger partial charge in [0, 0.05) is 0 Å². The molecule has 17 heavy (non-hydrogen) atoms. The van der Waals surface area contributed by atoms with E-state index in [1.165, 1.54) is 6.26 Å². The number of hydrogen-bond donors (Lipinski definition) is 0. The average Bonchev–Trinajstić information content (AvgIpc) is 2.31. The molecule has 4 heteroatoms. The molecule has 0 unspecified atom stereocenters. The molecule has 0 fully saturated rings. The zero-order valence-corrected chi connectivity index (χ0v) is 9.80. The summed E-state index contributed by atoms with van der Waals surface area (Å²) in [4.78, 5) is 21.8. The zero-order valence-electron chi connectivity index (χ0n) is 9.80. The normalized spacial score (nSPS) is 10.2. The van der Waals surface area contributed by atoms with E-state index in [9.17, 15) is 9.59 Å². The SMILES string of the molecule is CCOC(=O)C=COc1ccc(C)cc1C=O. The van der Waals surface area contributed by atoms with Crippen LogP contribution in [0.1, 0.15) is 22.8 Å². The lowest BCUT2D eigenvalue weighted by Crippen LogP contribution is -2.00. The van der Waals surface area contributed by atoms with Gasteiger partial charge in [-0.25, -0.2) is 4.79 Å². The van der Waals surface area contributed by atoms with Gasteiger partial charge < -0.3 is 9.47 Å². The van der Waals surface area contributed by atoms with Gasteiger partial charge in [-0.05, 0) is 26.0 Å². The van der Waals surface area contributed by atoms with Crippen molar-refractivity contribution in [2.45, 2.75) is 13.8 Å². The Bertz CT molecular complexity index is 435. The summed E-state index contributed by atoms with van der Waals surface area (Å²) < 4.78 is 9.87. The molecule has 1 aromatic carbocycles. The van der Waals surface area contributed by atoms with Crippen LogP contribution in [0.25, 0.3) is 0 Å². The molecule has 0 radical (unpaired) electrons. The first-order valence-corrected chi connectivity index (χ1v) is 5.23. The maximum atomic E-state index is 11.0. The van der Waals surface area contributed by atoms with Gasteiger partial charge >= 0.3 is 5.97 Å². The number of hydrogen-bond acceptors (Lipinski definition) is 4. The van der Waals surface area contributed by atoms with Gasteiger partial charge in [-0.15, -0.1) is 0 Å². The molecule has 0 heterocycles. The third-order valence-corrected chi connectivity index (χ3v) is 1.98. The van der Waals surface area contributed by atoms with Crippen molar-refractivity contribution in [3.8, 4) is 5.75 Å². The van der Waals surface area contributed by atoms with Gasteiger partial charge in [-0.2, -0.15) is 0 Å². The molecular weight excluding hydrogens is 220 g/mol. The summed E-state index contributed by atoms with van der Waals surface area (Å²) in [7, 11) is 0. The number of ether oxygens (including phenoxy) is 2. The summed E-state index contributed by atoms with van der Waals surface area (Å²) in [6.45, 7) is 3.91. The second kappa shape index (κ2) is 6.48. The van der Waals surface area contributed by atoms with Gasteiger partial charge in [0.15, 0.2) is 6.29 Å². The van der Waals surface area contributed by atoms with Crippen molar-refractivity contribution in [2.75, 3.05) is 6.61 Å². The van der Waals surface area contributed by atoms with Crippen LogP contribution in [0.15, 0.2) is 30.5 Å². The van der Waals surface area contributed by atoms with Crippen LogP contribution in [0.4, 0.5) is 0 Å². The van der Waals surface area contributed by atoms with Crippen molar-refractivity contribution in [1.29, 1.82) is 0 Å². The Labute approximate surface area is 99.8 Å². The smallest absolute Gasteiger partial charge is 0.333 e. The lowest BCUT2D eigenvalue weighted by atomic mass is 10.1. The van der Waals surface area contributed by atoms with Crippen LogP contribution in [-0.2, 0) is 9.53 Å². The van der Waals surface area contributed by atoms with Crippen molar-refractivity contribution in [2.24, 2.45) is 0 Å². The second-order valence-electron chi connectivity index (χ2n) is 3.33. The second-order valence-corrected chi connectivity index (χ2v) is 3.33. The van der Waals surface area contributed by atoms with Crippen molar-refractivity contribution >= 4 is 12.3 Å². The molecule has 0 bridgehead atoms. The number of aldehydes is 1. The Morgan fingerprint density at radius 3 is 2.82 bits per heavy atom. The van der Waals surface area contributed by atoms with Gasteiger partial charge in [0.2, 0.25) is 0 Å². The first-order chi connectivity index (χ1) is 8.17. The molecule has 0 saturated carbocycles. The van der Waals surface area contributed by atoms with E-state index in [0.29, 0.717) is 24.2 Å². The molecule has 0 N–H and O–H groups in total. The maximum absolute atomic E-state index is 11.0. The van der Waals surface area contributed by atoms with E-state index in [4.69, 9.17) is 4.74 Å². The highest BCUT2D eigenvalue weighted by Gasteiger charge is 2.02. The molecule has 0 aliphatic carbocycles. The number of carbonyl (C=O) groups excluding carboxylic acids is 2. The van der Waals surface area contributed by atoms with E-state index in [0.717, 1.165) is 11.6 Å². The van der Waals surface area contributed by atoms with Crippen molar-refractivity contribution < 1.29 is 19.1 Å². The molecule has 0 atom stereocenters. The first kappa shape index (κ1) is 13.0. The molecule has 0 aromatic heterocycles. The van der Waals surface area contributed by atoms with Crippen LogP contribution in [0, 0.1) is 6.92 Å². The molecule has 0 aliphatic rings. The first-order valence-electron chi connectivity index (χ1n) is 5.23. The summed E-state index contributed by atoms with van der Waals surface area (Å²) in [6, 6.07) is 5.20. The Hall–Kier alpha value is -2.10. The highest BCUT2D eigenvalue weighted by molar-refractivity contribution is 5.82. The van der Waals surface area contributed by atoms with Crippen LogP contribution >= 0.6 is 0 Å². The number of carbonyl (C=O) groups is 2. The minimum atomic E-state index is -0.479. The Balaban J connectivity index is 2.69. The number of aryl methyl sites for hydroxylation is 1. The molecular formula is C13H14O4. The Morgan fingerprint density at radius 2 is 2.18 bits per heavy atom. The number of benzene rings is 1. The molecule has 90 valence electrons. The number of esters is 1. The summed E-state index contributed by atoms with van der Waals surface area (Å²) >= 11 is 0. The maximum Gasteiger partial charge on any atom is 0.333 e. The fourth-order valence-electron chi connectivity index (χ4n) is 1.22. The van der Waals surface area contributed by atoms with E-state index in [-0.39, 0.29) is 0 Å². The van der Waals surface area contributed by atoms with Crippen LogP contribution in [-0.4, -0.2) is 18.9 Å². The lowest BCUT2D eigenvalue weighted by Gasteiger charge is -2.04. The standard InChI is InChI=1S/C13H14O4/c1-3-16-13(15)6-7-17-12-5-4-10(2)8-11(12)9-14/h4-9H,3H2,1-2H3. The lowest BCUT2D eigenvalue weighted by molar-refractivity contribution is -0.137. The molecule has 1 aromatic rings. The molecule has 0 amide bonds. The van der Waals surface area contributed by atoms with Gasteiger partial charge in [0.05, 0.1) is 24.5 Å². The monoisotopic (exact) mass is 234 g/mol. The summed E-state index contributed by atoms with van der Waals surface area (Å²) in [5.74, 6) is -0.0709. The van der Waals surface area contributed by atoms with E-state index < -0.39 is 5.97 Å². The van der Waals surface area contributed by atoms with E-state index in [2.05, 4.69) is 4.74 Å². The van der Waals surface area contributed by atoms with Gasteiger partial charge in [0.1, 0.15) is 5.75 Å². The topological polar surface area (TPSA) is 52.6 Å². The van der Waals surface area contributed by atoms with Crippen LogP contribution < -0.4 is 4.74 Å². The Kier molecular flexibility index (Phi) is 4.94. The van der Waals surface area contributed by atoms with Crippen molar-refractivity contribution in [3.63, 3.8) is 0 Å². The van der Waals surface area contributed by atoms with Gasteiger partial charge in [-0.1, -0.05) is 11.6 Å². The third-order valence-electron chi connectivity index (χ3n) is 1.98. The summed E-state index contributed by atoms with van der Waals surface area (Å²) in [5.41, 5.74) is 1.41. The minimum Gasteiger partial charge on any atom is -0.464 e. The van der Waals surface area contributed by atoms with Crippen molar-refractivity contribution in [3.05, 3.63) is 41.7 Å². The number of rotatable bonds is 5. The van der Waals surface area contributed by atoms with E-state index >= 15 is 0 Å². The van der Waals surface area contributed by atoms with Crippen molar-refractivity contribution in [1.82, 2.24) is 0 Å². The summed E-state index contributed by atoms with van der Waals surface area (Å²) in [5, 5.41) is 0. The third kappa shape index (κ3) is 4.10. The fraction of sp³-hybridized carbons (Fsp3) is 0.231.